The third-order valence-electron chi connectivity index (χ3n) is 3.78. The van der Waals surface area contributed by atoms with E-state index in [1.807, 2.05) is 48.1 Å². The third kappa shape index (κ3) is 2.49. The number of nitrogens with zero attached hydrogens (tertiary/aromatic N) is 4. The molecule has 3 aromatic heterocycles. The molecular weight excluding hydrogens is 322 g/mol. The van der Waals surface area contributed by atoms with Crippen LogP contribution in [-0.2, 0) is 0 Å². The Morgan fingerprint density at radius 3 is 2.83 bits per heavy atom. The molecule has 0 spiro atoms. The highest BCUT2D eigenvalue weighted by Gasteiger charge is 2.18. The van der Waals surface area contributed by atoms with Gasteiger partial charge in [-0.1, -0.05) is 29.8 Å². The first-order chi connectivity index (χ1) is 11.7. The Labute approximate surface area is 144 Å². The number of hydrogen-bond acceptors (Lipinski definition) is 3. The monoisotopic (exact) mass is 334 g/mol. The Balaban J connectivity index is 1.96. The van der Waals surface area contributed by atoms with Gasteiger partial charge in [0.05, 0.1) is 22.5 Å². The van der Waals surface area contributed by atoms with Crippen molar-refractivity contribution in [2.24, 2.45) is 0 Å². The molecule has 0 saturated heterocycles. The van der Waals surface area contributed by atoms with Crippen molar-refractivity contribution in [3.63, 3.8) is 0 Å². The van der Waals surface area contributed by atoms with Gasteiger partial charge in [-0.2, -0.15) is 5.10 Å². The molecule has 0 unspecified atom stereocenters. The molecule has 0 atom stereocenters. The molecule has 117 valence electrons. The van der Waals surface area contributed by atoms with Crippen LogP contribution in [0.3, 0.4) is 0 Å². The summed E-state index contributed by atoms with van der Waals surface area (Å²) in [5, 5.41) is 5.40. The predicted molar refractivity (Wildman–Crippen MR) is 93.0 cm³/mol. The van der Waals surface area contributed by atoms with Gasteiger partial charge < -0.3 is 4.98 Å². The summed E-state index contributed by atoms with van der Waals surface area (Å²) in [5.41, 5.74) is 4.43. The van der Waals surface area contributed by atoms with E-state index in [-0.39, 0.29) is 0 Å². The van der Waals surface area contributed by atoms with E-state index in [9.17, 15) is 0 Å². The maximum absolute atomic E-state index is 6.38. The van der Waals surface area contributed by atoms with Crippen molar-refractivity contribution in [1.29, 1.82) is 0 Å². The number of halogens is 1. The van der Waals surface area contributed by atoms with Crippen molar-refractivity contribution < 1.29 is 0 Å². The quantitative estimate of drug-likeness (QED) is 0.614. The zero-order chi connectivity index (χ0) is 16.5. The van der Waals surface area contributed by atoms with E-state index in [4.69, 9.17) is 16.7 Å². The van der Waals surface area contributed by atoms with E-state index in [2.05, 4.69) is 21.1 Å². The molecule has 1 aromatic carbocycles. The lowest BCUT2D eigenvalue weighted by molar-refractivity contribution is 0.872. The second kappa shape index (κ2) is 5.94. The van der Waals surface area contributed by atoms with Gasteiger partial charge in [0.2, 0.25) is 0 Å². The molecule has 0 saturated carbocycles. The molecular formula is C18H13ClN5. The summed E-state index contributed by atoms with van der Waals surface area (Å²) in [6, 6.07) is 9.46. The lowest BCUT2D eigenvalue weighted by Gasteiger charge is -2.04. The number of aryl methyl sites for hydroxylation is 1. The lowest BCUT2D eigenvalue weighted by atomic mass is 10.1. The molecule has 1 N–H and O–H groups in total. The van der Waals surface area contributed by atoms with E-state index in [0.717, 1.165) is 33.9 Å². The summed E-state index contributed by atoms with van der Waals surface area (Å²) in [4.78, 5) is 11.5. The van der Waals surface area contributed by atoms with Crippen LogP contribution in [0.25, 0.3) is 28.3 Å². The molecule has 4 rings (SSSR count). The number of rotatable bonds is 3. The molecule has 3 heterocycles. The fourth-order valence-electron chi connectivity index (χ4n) is 2.59. The summed E-state index contributed by atoms with van der Waals surface area (Å²) in [6.45, 7) is 1.99. The number of pyridine rings is 1. The minimum absolute atomic E-state index is 0.647. The molecule has 5 nitrogen and oxygen atoms in total. The van der Waals surface area contributed by atoms with Gasteiger partial charge >= 0.3 is 0 Å². The van der Waals surface area contributed by atoms with Gasteiger partial charge in [0.25, 0.3) is 0 Å². The van der Waals surface area contributed by atoms with Gasteiger partial charge in [0.15, 0.2) is 0 Å². The smallest absolute Gasteiger partial charge is 0.141 e. The largest absolute Gasteiger partial charge is 0.345 e. The first kappa shape index (κ1) is 14.7. The van der Waals surface area contributed by atoms with Crippen LogP contribution in [0.5, 0.6) is 0 Å². The summed E-state index contributed by atoms with van der Waals surface area (Å²) in [6.07, 6.45) is 10.1. The summed E-state index contributed by atoms with van der Waals surface area (Å²) >= 11 is 6.38. The Kier molecular flexibility index (Phi) is 3.63. The van der Waals surface area contributed by atoms with Crippen molar-refractivity contribution in [3.8, 4) is 28.3 Å². The molecule has 4 aromatic rings. The highest BCUT2D eigenvalue weighted by atomic mass is 35.5. The number of aromatic nitrogens is 5. The predicted octanol–water partition coefficient (Wildman–Crippen LogP) is 4.09. The number of benzene rings is 1. The second-order valence-corrected chi connectivity index (χ2v) is 5.76. The normalized spacial score (nSPS) is 10.9. The number of hydrogen-bond donors (Lipinski definition) is 1. The maximum atomic E-state index is 6.38. The number of imidazole rings is 1. The van der Waals surface area contributed by atoms with Crippen LogP contribution >= 0.6 is 11.6 Å². The molecule has 0 bridgehead atoms. The minimum Gasteiger partial charge on any atom is -0.345 e. The van der Waals surface area contributed by atoms with E-state index in [1.165, 1.54) is 0 Å². The molecule has 0 amide bonds. The highest BCUT2D eigenvalue weighted by Crippen LogP contribution is 2.34. The van der Waals surface area contributed by atoms with Crippen LogP contribution < -0.4 is 0 Å². The lowest BCUT2D eigenvalue weighted by Crippen LogP contribution is -1.98. The topological polar surface area (TPSA) is 59.4 Å². The van der Waals surface area contributed by atoms with Crippen molar-refractivity contribution >= 4 is 11.6 Å². The van der Waals surface area contributed by atoms with Crippen LogP contribution in [0.2, 0.25) is 5.02 Å². The zero-order valence-electron chi connectivity index (χ0n) is 12.9. The number of H-pyrrole nitrogens is 1. The molecule has 0 aliphatic carbocycles. The van der Waals surface area contributed by atoms with Crippen LogP contribution in [0, 0.1) is 13.1 Å². The maximum Gasteiger partial charge on any atom is 0.141 e. The fraction of sp³-hybridized carbons (Fsp3) is 0.0556. The first-order valence-electron chi connectivity index (χ1n) is 7.41. The minimum atomic E-state index is 0.647. The molecule has 1 radical (unpaired) electrons. The van der Waals surface area contributed by atoms with E-state index >= 15 is 0 Å². The van der Waals surface area contributed by atoms with Crippen LogP contribution in [-0.4, -0.2) is 24.7 Å². The van der Waals surface area contributed by atoms with Gasteiger partial charge in [-0.3, -0.25) is 4.98 Å². The fourth-order valence-corrected chi connectivity index (χ4v) is 2.82. The average Bonchev–Trinajstić information content (AvgIpc) is 3.25. The van der Waals surface area contributed by atoms with Crippen molar-refractivity contribution in [2.45, 2.75) is 6.92 Å². The van der Waals surface area contributed by atoms with Crippen molar-refractivity contribution in [1.82, 2.24) is 24.7 Å². The van der Waals surface area contributed by atoms with E-state index in [0.29, 0.717) is 5.02 Å². The Morgan fingerprint density at radius 1 is 1.21 bits per heavy atom. The molecule has 0 fully saturated rings. The Morgan fingerprint density at radius 2 is 2.08 bits per heavy atom. The van der Waals surface area contributed by atoms with Gasteiger partial charge in [-0.15, -0.1) is 0 Å². The van der Waals surface area contributed by atoms with E-state index in [1.54, 1.807) is 18.6 Å². The standard InChI is InChI=1S/C18H13ClN5/c1-12-10-20-7-6-16(12)24-11-14(18-21-8-9-22-18)17(23-24)13-4-2-3-5-15(13)19/h2-6,8-11H,1H3,(H,21,22). The van der Waals surface area contributed by atoms with Crippen LogP contribution in [0.15, 0.2) is 55.1 Å². The van der Waals surface area contributed by atoms with Crippen molar-refractivity contribution in [2.75, 3.05) is 0 Å². The van der Waals surface area contributed by atoms with Crippen LogP contribution in [0.1, 0.15) is 5.56 Å². The van der Waals surface area contributed by atoms with Crippen molar-refractivity contribution in [3.05, 3.63) is 71.9 Å². The third-order valence-corrected chi connectivity index (χ3v) is 4.11. The van der Waals surface area contributed by atoms with Gasteiger partial charge in [-0.25, -0.2) is 9.67 Å². The molecule has 24 heavy (non-hydrogen) atoms. The number of nitrogens with one attached hydrogen (secondary N) is 1. The SMILES string of the molecule is Cc1cn[c]cc1-n1cc(-c2ncc[nH]2)c(-c2ccccc2Cl)n1. The second-order valence-electron chi connectivity index (χ2n) is 5.35. The van der Waals surface area contributed by atoms with Gasteiger partial charge in [0, 0.05) is 30.4 Å². The number of aromatic amines is 1. The highest BCUT2D eigenvalue weighted by molar-refractivity contribution is 6.33. The summed E-state index contributed by atoms with van der Waals surface area (Å²) in [5.74, 6) is 0.742. The van der Waals surface area contributed by atoms with Crippen LogP contribution in [0.4, 0.5) is 0 Å². The first-order valence-corrected chi connectivity index (χ1v) is 7.79. The Hall–Kier alpha value is -2.92. The molecule has 0 aliphatic heterocycles. The molecule has 6 heteroatoms. The van der Waals surface area contributed by atoms with Gasteiger partial charge in [-0.05, 0) is 24.6 Å². The van der Waals surface area contributed by atoms with E-state index < -0.39 is 0 Å². The average molecular weight is 335 g/mol. The molecule has 0 aliphatic rings. The summed E-state index contributed by atoms with van der Waals surface area (Å²) in [7, 11) is 0. The summed E-state index contributed by atoms with van der Waals surface area (Å²) < 4.78 is 1.81. The zero-order valence-corrected chi connectivity index (χ0v) is 13.6. The van der Waals surface area contributed by atoms with Gasteiger partial charge in [0.1, 0.15) is 11.5 Å². The Bertz CT molecular complexity index is 988.